The van der Waals surface area contributed by atoms with Gasteiger partial charge in [0, 0.05) is 5.56 Å². The van der Waals surface area contributed by atoms with Gasteiger partial charge in [-0.05, 0) is 29.8 Å². The van der Waals surface area contributed by atoms with Crippen LogP contribution in [0.5, 0.6) is 5.75 Å². The molecule has 0 saturated carbocycles. The van der Waals surface area contributed by atoms with Crippen LogP contribution in [-0.4, -0.2) is 10.3 Å². The summed E-state index contributed by atoms with van der Waals surface area (Å²) in [5.74, 6) is 0.0477. The number of halogens is 1. The van der Waals surface area contributed by atoms with Crippen molar-refractivity contribution < 1.29 is 9.90 Å². The standard InChI is InChI=1S/C7H5ClO2/c8-7(10)5-2-1-3-6(9)4-5/h1-4,9H. The minimum absolute atomic E-state index is 0.0477. The molecule has 1 rings (SSSR count). The Morgan fingerprint density at radius 2 is 2.20 bits per heavy atom. The average molecular weight is 157 g/mol. The number of hydrogen-bond donors (Lipinski definition) is 1. The van der Waals surface area contributed by atoms with Crippen LogP contribution in [0.3, 0.4) is 0 Å². The van der Waals surface area contributed by atoms with E-state index < -0.39 is 5.24 Å². The molecule has 0 aromatic heterocycles. The van der Waals surface area contributed by atoms with E-state index in [1.54, 1.807) is 6.07 Å². The lowest BCUT2D eigenvalue weighted by molar-refractivity contribution is 0.108. The van der Waals surface area contributed by atoms with E-state index in [2.05, 4.69) is 0 Å². The van der Waals surface area contributed by atoms with Crippen molar-refractivity contribution >= 4 is 16.8 Å². The van der Waals surface area contributed by atoms with Crippen LogP contribution in [0.25, 0.3) is 0 Å². The van der Waals surface area contributed by atoms with E-state index >= 15 is 0 Å². The monoisotopic (exact) mass is 156 g/mol. The number of phenolic OH excluding ortho intramolecular Hbond substituents is 1. The van der Waals surface area contributed by atoms with Crippen molar-refractivity contribution in [3.05, 3.63) is 29.8 Å². The normalized spacial score (nSPS) is 9.30. The maximum Gasteiger partial charge on any atom is 0.252 e. The topological polar surface area (TPSA) is 37.3 Å². The first kappa shape index (κ1) is 7.09. The van der Waals surface area contributed by atoms with Gasteiger partial charge in [-0.2, -0.15) is 0 Å². The van der Waals surface area contributed by atoms with Crippen LogP contribution in [0, 0.1) is 0 Å². The Balaban J connectivity index is 3.07. The summed E-state index contributed by atoms with van der Waals surface area (Å²) in [4.78, 5) is 10.5. The van der Waals surface area contributed by atoms with E-state index in [4.69, 9.17) is 16.7 Å². The smallest absolute Gasteiger partial charge is 0.252 e. The summed E-state index contributed by atoms with van der Waals surface area (Å²) >= 11 is 5.13. The Bertz CT molecular complexity index is 258. The lowest BCUT2D eigenvalue weighted by Crippen LogP contribution is -1.85. The minimum Gasteiger partial charge on any atom is -0.508 e. The average Bonchev–Trinajstić information content (AvgIpc) is 1.88. The maximum absolute atomic E-state index is 10.5. The molecule has 1 N–H and O–H groups in total. The summed E-state index contributed by atoms with van der Waals surface area (Å²) in [7, 11) is 0. The second-order valence-electron chi connectivity index (χ2n) is 1.82. The van der Waals surface area contributed by atoms with Crippen molar-refractivity contribution in [1.82, 2.24) is 0 Å². The SMILES string of the molecule is O=C(Cl)c1cccc(O)c1. The van der Waals surface area contributed by atoms with Crippen LogP contribution in [0.2, 0.25) is 0 Å². The summed E-state index contributed by atoms with van der Waals surface area (Å²) < 4.78 is 0. The highest BCUT2D eigenvalue weighted by molar-refractivity contribution is 6.67. The molecule has 0 aliphatic rings. The van der Waals surface area contributed by atoms with Gasteiger partial charge in [-0.15, -0.1) is 0 Å². The third kappa shape index (κ3) is 1.48. The number of phenols is 1. The third-order valence-corrected chi connectivity index (χ3v) is 1.29. The van der Waals surface area contributed by atoms with Crippen LogP contribution < -0.4 is 0 Å². The Morgan fingerprint density at radius 3 is 2.60 bits per heavy atom. The Hall–Kier alpha value is -1.02. The highest BCUT2D eigenvalue weighted by atomic mass is 35.5. The van der Waals surface area contributed by atoms with Gasteiger partial charge in [-0.1, -0.05) is 6.07 Å². The first-order chi connectivity index (χ1) is 4.70. The van der Waals surface area contributed by atoms with Crippen LogP contribution in [0.4, 0.5) is 0 Å². The highest BCUT2D eigenvalue weighted by Gasteiger charge is 1.99. The molecule has 0 bridgehead atoms. The Labute approximate surface area is 63.1 Å². The van der Waals surface area contributed by atoms with Crippen molar-refractivity contribution in [3.63, 3.8) is 0 Å². The lowest BCUT2D eigenvalue weighted by atomic mass is 10.2. The van der Waals surface area contributed by atoms with Gasteiger partial charge in [-0.3, -0.25) is 4.79 Å². The van der Waals surface area contributed by atoms with E-state index in [9.17, 15) is 4.79 Å². The van der Waals surface area contributed by atoms with E-state index in [1.165, 1.54) is 18.2 Å². The zero-order valence-corrected chi connectivity index (χ0v) is 5.80. The fraction of sp³-hybridized carbons (Fsp3) is 0. The Morgan fingerprint density at radius 1 is 1.50 bits per heavy atom. The van der Waals surface area contributed by atoms with Crippen LogP contribution >= 0.6 is 11.6 Å². The largest absolute Gasteiger partial charge is 0.508 e. The predicted molar refractivity (Wildman–Crippen MR) is 38.3 cm³/mol. The molecule has 10 heavy (non-hydrogen) atoms. The van der Waals surface area contributed by atoms with E-state index in [-0.39, 0.29) is 5.75 Å². The molecule has 2 nitrogen and oxygen atoms in total. The summed E-state index contributed by atoms with van der Waals surface area (Å²) in [6.07, 6.45) is 0. The zero-order valence-electron chi connectivity index (χ0n) is 5.04. The molecule has 0 amide bonds. The molecule has 0 unspecified atom stereocenters. The fourth-order valence-electron chi connectivity index (χ4n) is 0.628. The van der Waals surface area contributed by atoms with Crippen molar-refractivity contribution in [2.45, 2.75) is 0 Å². The molecule has 3 heteroatoms. The first-order valence-electron chi connectivity index (χ1n) is 2.69. The molecule has 0 aliphatic heterocycles. The second-order valence-corrected chi connectivity index (χ2v) is 2.17. The van der Waals surface area contributed by atoms with Gasteiger partial charge in [0.05, 0.1) is 0 Å². The molecular formula is C7H5ClO2. The van der Waals surface area contributed by atoms with Crippen LogP contribution in [0.15, 0.2) is 24.3 Å². The Kier molecular flexibility index (Phi) is 1.92. The quantitative estimate of drug-likeness (QED) is 0.630. The minimum atomic E-state index is -0.559. The summed E-state index contributed by atoms with van der Waals surface area (Å²) in [6.45, 7) is 0. The van der Waals surface area contributed by atoms with Gasteiger partial charge in [0.15, 0.2) is 0 Å². The molecule has 1 aromatic rings. The zero-order chi connectivity index (χ0) is 7.56. The molecular weight excluding hydrogens is 152 g/mol. The maximum atomic E-state index is 10.5. The van der Waals surface area contributed by atoms with E-state index in [0.717, 1.165) is 0 Å². The number of benzene rings is 1. The lowest BCUT2D eigenvalue weighted by Gasteiger charge is -1.92. The van der Waals surface area contributed by atoms with Crippen molar-refractivity contribution in [2.24, 2.45) is 0 Å². The highest BCUT2D eigenvalue weighted by Crippen LogP contribution is 2.12. The van der Waals surface area contributed by atoms with Crippen molar-refractivity contribution in [2.75, 3.05) is 0 Å². The van der Waals surface area contributed by atoms with Gasteiger partial charge in [0.1, 0.15) is 5.75 Å². The van der Waals surface area contributed by atoms with Gasteiger partial charge >= 0.3 is 0 Å². The number of aromatic hydroxyl groups is 1. The predicted octanol–water partition coefficient (Wildman–Crippen LogP) is 1.77. The van der Waals surface area contributed by atoms with Gasteiger partial charge in [0.2, 0.25) is 0 Å². The molecule has 52 valence electrons. The molecule has 0 aliphatic carbocycles. The molecule has 0 fully saturated rings. The second kappa shape index (κ2) is 2.71. The molecule has 0 spiro atoms. The summed E-state index contributed by atoms with van der Waals surface area (Å²) in [5.41, 5.74) is 0.307. The van der Waals surface area contributed by atoms with Gasteiger partial charge in [-0.25, -0.2) is 0 Å². The molecule has 0 radical (unpaired) electrons. The van der Waals surface area contributed by atoms with Gasteiger partial charge < -0.3 is 5.11 Å². The van der Waals surface area contributed by atoms with E-state index in [1.807, 2.05) is 0 Å². The summed E-state index contributed by atoms with van der Waals surface area (Å²) in [5, 5.41) is 8.29. The number of hydrogen-bond acceptors (Lipinski definition) is 2. The van der Waals surface area contributed by atoms with Crippen molar-refractivity contribution in [3.8, 4) is 5.75 Å². The van der Waals surface area contributed by atoms with Crippen LogP contribution in [-0.2, 0) is 0 Å². The molecule has 1 aromatic carbocycles. The van der Waals surface area contributed by atoms with E-state index in [0.29, 0.717) is 5.56 Å². The summed E-state index contributed by atoms with van der Waals surface area (Å²) in [6, 6.07) is 5.89. The molecule has 0 atom stereocenters. The number of carbonyl (C=O) groups excluding carboxylic acids is 1. The van der Waals surface area contributed by atoms with Crippen molar-refractivity contribution in [1.29, 1.82) is 0 Å². The first-order valence-corrected chi connectivity index (χ1v) is 3.07. The molecule has 0 heterocycles. The third-order valence-electron chi connectivity index (χ3n) is 1.07. The number of carbonyl (C=O) groups is 1. The molecule has 0 saturated heterocycles. The number of rotatable bonds is 1. The van der Waals surface area contributed by atoms with Gasteiger partial charge in [0.25, 0.3) is 5.24 Å². The fourth-order valence-corrected chi connectivity index (χ4v) is 0.746. The van der Waals surface area contributed by atoms with Crippen LogP contribution in [0.1, 0.15) is 10.4 Å².